The molecule has 15 heavy (non-hydrogen) atoms. The zero-order chi connectivity index (χ0) is 11.1. The standard InChI is InChI=1S/C11H22N4/c1-4-6-7-10(5-2)12-8-11-13-9-14-15(11)3/h9-10,12H,4-8H2,1-3H3. The van der Waals surface area contributed by atoms with Crippen molar-refractivity contribution < 1.29 is 0 Å². The molecule has 0 aromatic carbocycles. The predicted octanol–water partition coefficient (Wildman–Crippen LogP) is 1.87. The fourth-order valence-corrected chi connectivity index (χ4v) is 1.62. The van der Waals surface area contributed by atoms with Gasteiger partial charge < -0.3 is 5.32 Å². The van der Waals surface area contributed by atoms with Crippen LogP contribution in [0.3, 0.4) is 0 Å². The van der Waals surface area contributed by atoms with Gasteiger partial charge in [-0.15, -0.1) is 0 Å². The molecule has 0 amide bonds. The summed E-state index contributed by atoms with van der Waals surface area (Å²) in [6.07, 6.45) is 6.60. The first-order valence-corrected chi connectivity index (χ1v) is 5.84. The van der Waals surface area contributed by atoms with Gasteiger partial charge in [0.05, 0.1) is 6.54 Å². The number of nitrogens with zero attached hydrogens (tertiary/aromatic N) is 3. The van der Waals surface area contributed by atoms with Crippen LogP contribution in [0.15, 0.2) is 6.33 Å². The molecular weight excluding hydrogens is 188 g/mol. The first-order valence-electron chi connectivity index (χ1n) is 5.84. The maximum absolute atomic E-state index is 4.19. The summed E-state index contributed by atoms with van der Waals surface area (Å²) in [4.78, 5) is 4.19. The van der Waals surface area contributed by atoms with Crippen molar-refractivity contribution in [1.29, 1.82) is 0 Å². The van der Waals surface area contributed by atoms with Gasteiger partial charge in [0.2, 0.25) is 0 Å². The number of aromatic nitrogens is 3. The van der Waals surface area contributed by atoms with Crippen LogP contribution in [0.2, 0.25) is 0 Å². The molecule has 0 spiro atoms. The fraction of sp³-hybridized carbons (Fsp3) is 0.818. The first-order chi connectivity index (χ1) is 7.27. The lowest BCUT2D eigenvalue weighted by Gasteiger charge is -2.15. The molecule has 0 bridgehead atoms. The van der Waals surface area contributed by atoms with E-state index in [0.717, 1.165) is 12.4 Å². The molecule has 0 saturated heterocycles. The Balaban J connectivity index is 2.31. The normalized spacial score (nSPS) is 13.0. The monoisotopic (exact) mass is 210 g/mol. The van der Waals surface area contributed by atoms with Gasteiger partial charge in [-0.05, 0) is 12.8 Å². The third-order valence-electron chi connectivity index (χ3n) is 2.75. The molecule has 1 N–H and O–H groups in total. The molecule has 86 valence electrons. The Hall–Kier alpha value is -0.900. The average molecular weight is 210 g/mol. The van der Waals surface area contributed by atoms with Crippen LogP contribution < -0.4 is 5.32 Å². The summed E-state index contributed by atoms with van der Waals surface area (Å²) >= 11 is 0. The van der Waals surface area contributed by atoms with Crippen LogP contribution in [-0.4, -0.2) is 20.8 Å². The van der Waals surface area contributed by atoms with Gasteiger partial charge in [0, 0.05) is 13.1 Å². The van der Waals surface area contributed by atoms with Gasteiger partial charge in [-0.25, -0.2) is 4.98 Å². The zero-order valence-electron chi connectivity index (χ0n) is 10.0. The van der Waals surface area contributed by atoms with E-state index in [1.807, 2.05) is 11.7 Å². The van der Waals surface area contributed by atoms with Crippen molar-refractivity contribution in [2.75, 3.05) is 0 Å². The third kappa shape index (κ3) is 4.00. The summed E-state index contributed by atoms with van der Waals surface area (Å²) in [5.74, 6) is 1.00. The summed E-state index contributed by atoms with van der Waals surface area (Å²) in [5.41, 5.74) is 0. The smallest absolute Gasteiger partial charge is 0.140 e. The van der Waals surface area contributed by atoms with E-state index in [0.29, 0.717) is 6.04 Å². The van der Waals surface area contributed by atoms with Crippen molar-refractivity contribution in [2.24, 2.45) is 7.05 Å². The highest BCUT2D eigenvalue weighted by Crippen LogP contribution is 2.04. The molecular formula is C11H22N4. The molecule has 0 aliphatic carbocycles. The lowest BCUT2D eigenvalue weighted by atomic mass is 10.1. The van der Waals surface area contributed by atoms with E-state index in [9.17, 15) is 0 Å². The number of aryl methyl sites for hydroxylation is 1. The third-order valence-corrected chi connectivity index (χ3v) is 2.75. The Kier molecular flexibility index (Phi) is 5.32. The van der Waals surface area contributed by atoms with Gasteiger partial charge in [-0.2, -0.15) is 5.10 Å². The Bertz CT molecular complexity index is 269. The van der Waals surface area contributed by atoms with Gasteiger partial charge in [-0.1, -0.05) is 26.7 Å². The molecule has 0 radical (unpaired) electrons. The van der Waals surface area contributed by atoms with Gasteiger partial charge in [-0.3, -0.25) is 4.68 Å². The molecule has 0 aliphatic rings. The Morgan fingerprint density at radius 2 is 2.27 bits per heavy atom. The summed E-state index contributed by atoms with van der Waals surface area (Å²) in [6, 6.07) is 0.613. The summed E-state index contributed by atoms with van der Waals surface area (Å²) in [5, 5.41) is 7.57. The minimum atomic E-state index is 0.613. The summed E-state index contributed by atoms with van der Waals surface area (Å²) in [6.45, 7) is 5.28. The molecule has 1 rings (SSSR count). The highest BCUT2D eigenvalue weighted by molar-refractivity contribution is 4.83. The molecule has 1 aromatic heterocycles. The predicted molar refractivity (Wildman–Crippen MR) is 61.4 cm³/mol. The molecule has 4 heteroatoms. The van der Waals surface area contributed by atoms with Crippen molar-refractivity contribution in [3.63, 3.8) is 0 Å². The van der Waals surface area contributed by atoms with Crippen molar-refractivity contribution >= 4 is 0 Å². The molecule has 4 nitrogen and oxygen atoms in total. The number of rotatable bonds is 7. The molecule has 1 unspecified atom stereocenters. The van der Waals surface area contributed by atoms with E-state index in [2.05, 4.69) is 29.2 Å². The Morgan fingerprint density at radius 1 is 1.47 bits per heavy atom. The molecule has 1 heterocycles. The second kappa shape index (κ2) is 6.56. The number of hydrogen-bond donors (Lipinski definition) is 1. The van der Waals surface area contributed by atoms with E-state index in [4.69, 9.17) is 0 Å². The van der Waals surface area contributed by atoms with Crippen molar-refractivity contribution in [3.05, 3.63) is 12.2 Å². The SMILES string of the molecule is CCCCC(CC)NCc1ncnn1C. The van der Waals surface area contributed by atoms with Crippen LogP contribution in [0.1, 0.15) is 45.4 Å². The Morgan fingerprint density at radius 3 is 2.80 bits per heavy atom. The highest BCUT2D eigenvalue weighted by atomic mass is 15.3. The topological polar surface area (TPSA) is 42.7 Å². The van der Waals surface area contributed by atoms with E-state index >= 15 is 0 Å². The van der Waals surface area contributed by atoms with E-state index in [1.165, 1.54) is 25.7 Å². The van der Waals surface area contributed by atoms with Crippen LogP contribution >= 0.6 is 0 Å². The number of nitrogens with one attached hydrogen (secondary N) is 1. The van der Waals surface area contributed by atoms with E-state index in [-0.39, 0.29) is 0 Å². The minimum absolute atomic E-state index is 0.613. The number of unbranched alkanes of at least 4 members (excludes halogenated alkanes) is 1. The van der Waals surface area contributed by atoms with E-state index < -0.39 is 0 Å². The lowest BCUT2D eigenvalue weighted by molar-refractivity contribution is 0.440. The average Bonchev–Trinajstić information content (AvgIpc) is 2.65. The fourth-order valence-electron chi connectivity index (χ4n) is 1.62. The van der Waals surface area contributed by atoms with Crippen LogP contribution in [0.25, 0.3) is 0 Å². The van der Waals surface area contributed by atoms with Crippen molar-refractivity contribution in [1.82, 2.24) is 20.1 Å². The quantitative estimate of drug-likeness (QED) is 0.747. The molecule has 0 saturated carbocycles. The lowest BCUT2D eigenvalue weighted by Crippen LogP contribution is -2.29. The van der Waals surface area contributed by atoms with Gasteiger partial charge in [0.1, 0.15) is 12.2 Å². The second-order valence-electron chi connectivity index (χ2n) is 3.93. The molecule has 1 aromatic rings. The van der Waals surface area contributed by atoms with Gasteiger partial charge in [0.15, 0.2) is 0 Å². The van der Waals surface area contributed by atoms with Crippen LogP contribution in [-0.2, 0) is 13.6 Å². The van der Waals surface area contributed by atoms with Crippen molar-refractivity contribution in [3.8, 4) is 0 Å². The first kappa shape index (κ1) is 12.2. The second-order valence-corrected chi connectivity index (χ2v) is 3.93. The van der Waals surface area contributed by atoms with Crippen LogP contribution in [0.5, 0.6) is 0 Å². The maximum atomic E-state index is 4.19. The summed E-state index contributed by atoms with van der Waals surface area (Å²) < 4.78 is 1.82. The van der Waals surface area contributed by atoms with Gasteiger partial charge in [0.25, 0.3) is 0 Å². The molecule has 1 atom stereocenters. The molecule has 0 fully saturated rings. The zero-order valence-corrected chi connectivity index (χ0v) is 10.0. The van der Waals surface area contributed by atoms with Crippen LogP contribution in [0, 0.1) is 0 Å². The largest absolute Gasteiger partial charge is 0.307 e. The highest BCUT2D eigenvalue weighted by Gasteiger charge is 2.06. The van der Waals surface area contributed by atoms with Crippen LogP contribution in [0.4, 0.5) is 0 Å². The summed E-state index contributed by atoms with van der Waals surface area (Å²) in [7, 11) is 1.93. The minimum Gasteiger partial charge on any atom is -0.307 e. The molecule has 0 aliphatic heterocycles. The maximum Gasteiger partial charge on any atom is 0.140 e. The van der Waals surface area contributed by atoms with Gasteiger partial charge >= 0.3 is 0 Å². The Labute approximate surface area is 92.1 Å². The van der Waals surface area contributed by atoms with Crippen molar-refractivity contribution in [2.45, 2.75) is 52.1 Å². The van der Waals surface area contributed by atoms with E-state index in [1.54, 1.807) is 6.33 Å². The number of hydrogen-bond acceptors (Lipinski definition) is 3.